The molecule has 0 atom stereocenters. The second kappa shape index (κ2) is 5.72. The first-order valence-corrected chi connectivity index (χ1v) is 7.85. The SMILES string of the molecule is Cc1nc(NCC2CN(C(=O)OC(C)(C)C)C2)c2[nH]ccc2n1. The zero-order valence-electron chi connectivity index (χ0n) is 14.0. The molecule has 7 heteroatoms. The Morgan fingerprint density at radius 1 is 1.43 bits per heavy atom. The number of nitrogens with zero attached hydrogens (tertiary/aromatic N) is 3. The van der Waals surface area contributed by atoms with E-state index in [1.807, 2.05) is 40.0 Å². The first-order valence-electron chi connectivity index (χ1n) is 7.85. The Labute approximate surface area is 135 Å². The summed E-state index contributed by atoms with van der Waals surface area (Å²) in [7, 11) is 0. The lowest BCUT2D eigenvalue weighted by atomic mass is 10.0. The van der Waals surface area contributed by atoms with Gasteiger partial charge in [0.15, 0.2) is 5.82 Å². The molecule has 1 aliphatic heterocycles. The smallest absolute Gasteiger partial charge is 0.410 e. The van der Waals surface area contributed by atoms with E-state index in [1.54, 1.807) is 4.90 Å². The lowest BCUT2D eigenvalue weighted by Crippen LogP contribution is -2.53. The lowest BCUT2D eigenvalue weighted by Gasteiger charge is -2.39. The molecule has 0 unspecified atom stereocenters. The molecule has 1 fully saturated rings. The van der Waals surface area contributed by atoms with Gasteiger partial charge in [-0.05, 0) is 33.8 Å². The van der Waals surface area contributed by atoms with Crippen LogP contribution >= 0.6 is 0 Å². The normalized spacial score (nSPS) is 15.6. The molecule has 0 aromatic carbocycles. The van der Waals surface area contributed by atoms with Crippen molar-refractivity contribution in [3.63, 3.8) is 0 Å². The third-order valence-corrected chi connectivity index (χ3v) is 3.68. The fourth-order valence-electron chi connectivity index (χ4n) is 2.60. The molecule has 2 aromatic rings. The van der Waals surface area contributed by atoms with E-state index in [0.29, 0.717) is 19.0 Å². The summed E-state index contributed by atoms with van der Waals surface area (Å²) in [5.41, 5.74) is 1.38. The van der Waals surface area contributed by atoms with Gasteiger partial charge in [0.05, 0.1) is 5.52 Å². The van der Waals surface area contributed by atoms with Gasteiger partial charge in [0.25, 0.3) is 0 Å². The standard InChI is InChI=1S/C16H23N5O2/c1-10-19-12-5-6-17-13(12)14(20-10)18-7-11-8-21(9-11)15(22)23-16(2,3)4/h5-6,11,17H,7-9H2,1-4H3,(H,18,19,20). The topological polar surface area (TPSA) is 83.1 Å². The predicted octanol–water partition coefficient (Wildman–Crippen LogP) is 2.55. The second-order valence-electron chi connectivity index (χ2n) is 6.99. The minimum Gasteiger partial charge on any atom is -0.444 e. The Bertz CT molecular complexity index is 713. The van der Waals surface area contributed by atoms with Gasteiger partial charge in [-0.1, -0.05) is 0 Å². The number of fused-ring (bicyclic) bond motifs is 1. The molecule has 3 rings (SSSR count). The highest BCUT2D eigenvalue weighted by Gasteiger charge is 2.33. The maximum atomic E-state index is 11.9. The third-order valence-electron chi connectivity index (χ3n) is 3.68. The van der Waals surface area contributed by atoms with Crippen molar-refractivity contribution in [3.05, 3.63) is 18.1 Å². The van der Waals surface area contributed by atoms with Gasteiger partial charge in [-0.15, -0.1) is 0 Å². The summed E-state index contributed by atoms with van der Waals surface area (Å²) in [4.78, 5) is 25.6. The number of nitrogens with one attached hydrogen (secondary N) is 2. The minimum atomic E-state index is -0.446. The van der Waals surface area contributed by atoms with Crippen LogP contribution in [0.25, 0.3) is 11.0 Å². The molecular weight excluding hydrogens is 294 g/mol. The van der Waals surface area contributed by atoms with E-state index in [0.717, 1.165) is 29.2 Å². The summed E-state index contributed by atoms with van der Waals surface area (Å²) in [6.45, 7) is 9.70. The monoisotopic (exact) mass is 317 g/mol. The Kier molecular flexibility index (Phi) is 3.87. The highest BCUT2D eigenvalue weighted by atomic mass is 16.6. The summed E-state index contributed by atoms with van der Waals surface area (Å²) in [5.74, 6) is 1.96. The second-order valence-corrected chi connectivity index (χ2v) is 6.99. The van der Waals surface area contributed by atoms with Crippen LogP contribution in [0.4, 0.5) is 10.6 Å². The predicted molar refractivity (Wildman–Crippen MR) is 88.4 cm³/mol. The van der Waals surface area contributed by atoms with Crippen LogP contribution in [0.3, 0.4) is 0 Å². The van der Waals surface area contributed by atoms with Gasteiger partial charge in [-0.25, -0.2) is 14.8 Å². The maximum absolute atomic E-state index is 11.9. The largest absolute Gasteiger partial charge is 0.444 e. The fourth-order valence-corrected chi connectivity index (χ4v) is 2.60. The quantitative estimate of drug-likeness (QED) is 0.909. The number of anilines is 1. The number of likely N-dealkylation sites (tertiary alicyclic amines) is 1. The van der Waals surface area contributed by atoms with Crippen molar-refractivity contribution in [2.75, 3.05) is 25.0 Å². The maximum Gasteiger partial charge on any atom is 0.410 e. The van der Waals surface area contributed by atoms with Crippen molar-refractivity contribution in [1.29, 1.82) is 0 Å². The summed E-state index contributed by atoms with van der Waals surface area (Å²) < 4.78 is 5.36. The number of aromatic amines is 1. The Hall–Kier alpha value is -2.31. The van der Waals surface area contributed by atoms with E-state index >= 15 is 0 Å². The van der Waals surface area contributed by atoms with Crippen LogP contribution in [-0.4, -0.2) is 51.2 Å². The van der Waals surface area contributed by atoms with Gasteiger partial charge < -0.3 is 19.9 Å². The van der Waals surface area contributed by atoms with Crippen LogP contribution in [0.5, 0.6) is 0 Å². The van der Waals surface area contributed by atoms with Gasteiger partial charge in [-0.2, -0.15) is 0 Å². The zero-order chi connectivity index (χ0) is 16.6. The van der Waals surface area contributed by atoms with E-state index in [-0.39, 0.29) is 6.09 Å². The van der Waals surface area contributed by atoms with Crippen molar-refractivity contribution in [1.82, 2.24) is 19.9 Å². The van der Waals surface area contributed by atoms with E-state index in [2.05, 4.69) is 20.3 Å². The lowest BCUT2D eigenvalue weighted by molar-refractivity contribution is 0.000842. The minimum absolute atomic E-state index is 0.238. The van der Waals surface area contributed by atoms with Crippen molar-refractivity contribution >= 4 is 22.9 Å². The summed E-state index contributed by atoms with van der Waals surface area (Å²) in [6.07, 6.45) is 1.62. The van der Waals surface area contributed by atoms with E-state index in [9.17, 15) is 4.79 Å². The van der Waals surface area contributed by atoms with Crippen LogP contribution in [0.15, 0.2) is 12.3 Å². The number of hydrogen-bond donors (Lipinski definition) is 2. The molecule has 0 spiro atoms. The van der Waals surface area contributed by atoms with Crippen molar-refractivity contribution in [3.8, 4) is 0 Å². The molecule has 7 nitrogen and oxygen atoms in total. The molecule has 1 amide bonds. The first-order chi connectivity index (χ1) is 10.8. The molecule has 0 saturated carbocycles. The van der Waals surface area contributed by atoms with Crippen molar-refractivity contribution < 1.29 is 9.53 Å². The molecule has 1 aliphatic rings. The van der Waals surface area contributed by atoms with Crippen LogP contribution in [0.1, 0.15) is 26.6 Å². The van der Waals surface area contributed by atoms with Crippen molar-refractivity contribution in [2.24, 2.45) is 5.92 Å². The Morgan fingerprint density at radius 2 is 2.17 bits per heavy atom. The number of rotatable bonds is 3. The fraction of sp³-hybridized carbons (Fsp3) is 0.562. The average Bonchev–Trinajstić information content (AvgIpc) is 2.82. The number of aryl methyl sites for hydroxylation is 1. The number of carbonyl (C=O) groups is 1. The molecule has 1 saturated heterocycles. The van der Waals surface area contributed by atoms with Gasteiger partial charge >= 0.3 is 6.09 Å². The molecule has 0 aliphatic carbocycles. The highest BCUT2D eigenvalue weighted by molar-refractivity contribution is 5.85. The molecule has 2 aromatic heterocycles. The third kappa shape index (κ3) is 3.55. The molecule has 0 bridgehead atoms. The average molecular weight is 317 g/mol. The van der Waals surface area contributed by atoms with Crippen LogP contribution in [0, 0.1) is 12.8 Å². The van der Waals surface area contributed by atoms with Crippen molar-refractivity contribution in [2.45, 2.75) is 33.3 Å². The molecule has 124 valence electrons. The molecule has 3 heterocycles. The van der Waals surface area contributed by atoms with Crippen LogP contribution in [-0.2, 0) is 4.74 Å². The van der Waals surface area contributed by atoms with E-state index in [1.165, 1.54) is 0 Å². The highest BCUT2D eigenvalue weighted by Crippen LogP contribution is 2.22. The van der Waals surface area contributed by atoms with Crippen LogP contribution in [0.2, 0.25) is 0 Å². The van der Waals surface area contributed by atoms with Gasteiger partial charge in [0.1, 0.15) is 16.9 Å². The zero-order valence-corrected chi connectivity index (χ0v) is 14.0. The number of hydrogen-bond acceptors (Lipinski definition) is 5. The van der Waals surface area contributed by atoms with Crippen LogP contribution < -0.4 is 5.32 Å². The van der Waals surface area contributed by atoms with Gasteiger partial charge in [-0.3, -0.25) is 0 Å². The molecule has 23 heavy (non-hydrogen) atoms. The number of H-pyrrole nitrogens is 1. The summed E-state index contributed by atoms with van der Waals surface area (Å²) in [5, 5.41) is 3.36. The number of ether oxygens (including phenoxy) is 1. The Morgan fingerprint density at radius 3 is 2.87 bits per heavy atom. The first kappa shape index (κ1) is 15.6. The molecule has 2 N–H and O–H groups in total. The summed E-state index contributed by atoms with van der Waals surface area (Å²) in [6, 6.07) is 1.93. The number of aromatic nitrogens is 3. The van der Waals surface area contributed by atoms with E-state index < -0.39 is 5.60 Å². The number of carbonyl (C=O) groups excluding carboxylic acids is 1. The Balaban J connectivity index is 1.53. The number of amides is 1. The molecular formula is C16H23N5O2. The van der Waals surface area contributed by atoms with E-state index in [4.69, 9.17) is 4.74 Å². The molecule has 0 radical (unpaired) electrons. The van der Waals surface area contributed by atoms with Gasteiger partial charge in [0, 0.05) is 31.7 Å². The summed E-state index contributed by atoms with van der Waals surface area (Å²) >= 11 is 0. The van der Waals surface area contributed by atoms with Gasteiger partial charge in [0.2, 0.25) is 0 Å².